The summed E-state index contributed by atoms with van der Waals surface area (Å²) < 4.78 is 22.5. The van der Waals surface area contributed by atoms with Crippen molar-refractivity contribution in [3.8, 4) is 0 Å². The SMILES string of the molecule is NS(=O)(=O)c1ccc(CCNC(=O)[C@H]2CC[C@H](c3ccccc3)N2)cc1. The number of carbonyl (C=O) groups is 1. The van der Waals surface area contributed by atoms with E-state index in [0.29, 0.717) is 13.0 Å². The maximum Gasteiger partial charge on any atom is 0.238 e. The molecular formula is C19H23N3O3S. The second-order valence-electron chi connectivity index (χ2n) is 6.49. The highest BCUT2D eigenvalue weighted by Gasteiger charge is 2.29. The molecule has 1 saturated heterocycles. The van der Waals surface area contributed by atoms with Crippen molar-refractivity contribution in [1.82, 2.24) is 10.6 Å². The van der Waals surface area contributed by atoms with E-state index in [-0.39, 0.29) is 22.9 Å². The fourth-order valence-electron chi connectivity index (χ4n) is 3.20. The highest BCUT2D eigenvalue weighted by Crippen LogP contribution is 2.26. The van der Waals surface area contributed by atoms with Gasteiger partial charge in [-0.2, -0.15) is 0 Å². The van der Waals surface area contributed by atoms with Crippen LogP contribution in [0.1, 0.15) is 30.0 Å². The zero-order valence-electron chi connectivity index (χ0n) is 14.4. The predicted octanol–water partition coefficient (Wildman–Crippen LogP) is 1.49. The lowest BCUT2D eigenvalue weighted by Gasteiger charge is -2.15. The summed E-state index contributed by atoms with van der Waals surface area (Å²) in [6, 6.07) is 16.6. The van der Waals surface area contributed by atoms with Crippen molar-refractivity contribution >= 4 is 15.9 Å². The molecule has 3 rings (SSSR count). The van der Waals surface area contributed by atoms with Crippen molar-refractivity contribution in [2.45, 2.75) is 36.2 Å². The molecule has 1 fully saturated rings. The Morgan fingerprint density at radius 1 is 1.08 bits per heavy atom. The van der Waals surface area contributed by atoms with Gasteiger partial charge in [0.05, 0.1) is 10.9 Å². The molecule has 26 heavy (non-hydrogen) atoms. The molecule has 1 amide bonds. The van der Waals surface area contributed by atoms with Crippen LogP contribution in [0, 0.1) is 0 Å². The second kappa shape index (κ2) is 7.99. The van der Waals surface area contributed by atoms with Gasteiger partial charge in [-0.05, 0) is 42.5 Å². The third-order valence-corrected chi connectivity index (χ3v) is 5.56. The van der Waals surface area contributed by atoms with Gasteiger partial charge in [0.2, 0.25) is 15.9 Å². The van der Waals surface area contributed by atoms with Crippen LogP contribution in [0.3, 0.4) is 0 Å². The Hall–Kier alpha value is -2.22. The molecule has 4 N–H and O–H groups in total. The molecule has 0 saturated carbocycles. The zero-order valence-corrected chi connectivity index (χ0v) is 15.2. The highest BCUT2D eigenvalue weighted by atomic mass is 32.2. The van der Waals surface area contributed by atoms with Crippen LogP contribution in [0.25, 0.3) is 0 Å². The van der Waals surface area contributed by atoms with Crippen molar-refractivity contribution < 1.29 is 13.2 Å². The van der Waals surface area contributed by atoms with E-state index < -0.39 is 10.0 Å². The number of amides is 1. The van der Waals surface area contributed by atoms with Crippen LogP contribution in [0.4, 0.5) is 0 Å². The number of hydrogen-bond acceptors (Lipinski definition) is 4. The molecule has 1 aliphatic heterocycles. The van der Waals surface area contributed by atoms with Gasteiger partial charge in [-0.15, -0.1) is 0 Å². The maximum atomic E-state index is 12.3. The Balaban J connectivity index is 1.46. The zero-order chi connectivity index (χ0) is 18.6. The Kier molecular flexibility index (Phi) is 5.70. The molecular weight excluding hydrogens is 350 g/mol. The van der Waals surface area contributed by atoms with Gasteiger partial charge >= 0.3 is 0 Å². The molecule has 2 aromatic rings. The summed E-state index contributed by atoms with van der Waals surface area (Å²) in [4.78, 5) is 12.4. The van der Waals surface area contributed by atoms with E-state index in [1.54, 1.807) is 12.1 Å². The first-order valence-electron chi connectivity index (χ1n) is 8.64. The molecule has 2 atom stereocenters. The normalized spacial score (nSPS) is 20.0. The summed E-state index contributed by atoms with van der Waals surface area (Å²) in [6.45, 7) is 0.502. The first-order valence-corrected chi connectivity index (χ1v) is 10.2. The standard InChI is InChI=1S/C19H23N3O3S/c20-26(24,25)16-8-6-14(7-9-16)12-13-21-19(23)18-11-10-17(22-18)15-4-2-1-3-5-15/h1-9,17-18,22H,10-13H2,(H,21,23)(H2,20,24,25)/t17-,18-/m1/s1. The summed E-state index contributed by atoms with van der Waals surface area (Å²) in [5, 5.41) is 11.4. The molecule has 0 aliphatic carbocycles. The summed E-state index contributed by atoms with van der Waals surface area (Å²) in [5.74, 6) is 0.00425. The van der Waals surface area contributed by atoms with Crippen LogP contribution in [0.15, 0.2) is 59.5 Å². The first kappa shape index (κ1) is 18.6. The fourth-order valence-corrected chi connectivity index (χ4v) is 3.71. The second-order valence-corrected chi connectivity index (χ2v) is 8.05. The average Bonchev–Trinajstić information content (AvgIpc) is 3.12. The van der Waals surface area contributed by atoms with E-state index in [4.69, 9.17) is 5.14 Å². The number of benzene rings is 2. The first-order chi connectivity index (χ1) is 12.4. The molecule has 6 nitrogen and oxygen atoms in total. The van der Waals surface area contributed by atoms with Crippen molar-refractivity contribution in [3.05, 3.63) is 65.7 Å². The maximum absolute atomic E-state index is 12.3. The number of carbonyl (C=O) groups excluding carboxylic acids is 1. The smallest absolute Gasteiger partial charge is 0.238 e. The summed E-state index contributed by atoms with van der Waals surface area (Å²) in [5.41, 5.74) is 2.15. The van der Waals surface area contributed by atoms with Gasteiger partial charge in [0.1, 0.15) is 0 Å². The minimum Gasteiger partial charge on any atom is -0.354 e. The van der Waals surface area contributed by atoms with Gasteiger partial charge in [-0.25, -0.2) is 13.6 Å². The van der Waals surface area contributed by atoms with Gasteiger partial charge < -0.3 is 5.32 Å². The van der Waals surface area contributed by atoms with Crippen LogP contribution < -0.4 is 15.8 Å². The molecule has 0 aromatic heterocycles. The van der Waals surface area contributed by atoms with E-state index in [1.807, 2.05) is 18.2 Å². The van der Waals surface area contributed by atoms with Crippen molar-refractivity contribution in [1.29, 1.82) is 0 Å². The monoisotopic (exact) mass is 373 g/mol. The molecule has 2 aromatic carbocycles. The minimum atomic E-state index is -3.67. The topological polar surface area (TPSA) is 101 Å². The predicted molar refractivity (Wildman–Crippen MR) is 99.9 cm³/mol. The average molecular weight is 373 g/mol. The van der Waals surface area contributed by atoms with Crippen LogP contribution in [-0.4, -0.2) is 26.9 Å². The Labute approximate surface area is 153 Å². The molecule has 0 radical (unpaired) electrons. The van der Waals surface area contributed by atoms with Crippen LogP contribution in [0.5, 0.6) is 0 Å². The van der Waals surface area contributed by atoms with Gasteiger partial charge in [0.15, 0.2) is 0 Å². The van der Waals surface area contributed by atoms with Crippen LogP contribution in [-0.2, 0) is 21.2 Å². The van der Waals surface area contributed by atoms with E-state index >= 15 is 0 Å². The van der Waals surface area contributed by atoms with Crippen molar-refractivity contribution in [2.75, 3.05) is 6.54 Å². The molecule has 7 heteroatoms. The van der Waals surface area contributed by atoms with E-state index in [2.05, 4.69) is 22.8 Å². The van der Waals surface area contributed by atoms with Gasteiger partial charge in [-0.1, -0.05) is 42.5 Å². The molecule has 1 heterocycles. The third kappa shape index (κ3) is 4.69. The largest absolute Gasteiger partial charge is 0.354 e. The van der Waals surface area contributed by atoms with Gasteiger partial charge in [0.25, 0.3) is 0 Å². The number of sulfonamides is 1. The minimum absolute atomic E-state index is 0.00425. The van der Waals surface area contributed by atoms with Crippen molar-refractivity contribution in [2.24, 2.45) is 5.14 Å². The van der Waals surface area contributed by atoms with Gasteiger partial charge in [0, 0.05) is 12.6 Å². The molecule has 138 valence electrons. The van der Waals surface area contributed by atoms with Crippen molar-refractivity contribution in [3.63, 3.8) is 0 Å². The summed E-state index contributed by atoms with van der Waals surface area (Å²) in [6.07, 6.45) is 2.39. The summed E-state index contributed by atoms with van der Waals surface area (Å²) in [7, 11) is -3.67. The number of primary sulfonamides is 1. The molecule has 1 aliphatic rings. The molecule has 0 bridgehead atoms. The molecule has 0 unspecified atom stereocenters. The van der Waals surface area contributed by atoms with Crippen LogP contribution in [0.2, 0.25) is 0 Å². The number of nitrogens with one attached hydrogen (secondary N) is 2. The third-order valence-electron chi connectivity index (χ3n) is 4.63. The lowest BCUT2D eigenvalue weighted by molar-refractivity contribution is -0.122. The number of rotatable bonds is 6. The van der Waals surface area contributed by atoms with E-state index in [1.165, 1.54) is 17.7 Å². The quantitative estimate of drug-likeness (QED) is 0.714. The summed E-state index contributed by atoms with van der Waals surface area (Å²) >= 11 is 0. The number of nitrogens with two attached hydrogens (primary N) is 1. The molecule has 0 spiro atoms. The number of hydrogen-bond donors (Lipinski definition) is 3. The Morgan fingerprint density at radius 2 is 1.77 bits per heavy atom. The highest BCUT2D eigenvalue weighted by molar-refractivity contribution is 7.89. The fraction of sp³-hybridized carbons (Fsp3) is 0.316. The Bertz CT molecular complexity index is 851. The van der Waals surface area contributed by atoms with Crippen LogP contribution >= 0.6 is 0 Å². The lowest BCUT2D eigenvalue weighted by atomic mass is 10.1. The van der Waals surface area contributed by atoms with E-state index in [0.717, 1.165) is 18.4 Å². The lowest BCUT2D eigenvalue weighted by Crippen LogP contribution is -2.41. The van der Waals surface area contributed by atoms with Gasteiger partial charge in [-0.3, -0.25) is 10.1 Å². The van der Waals surface area contributed by atoms with E-state index in [9.17, 15) is 13.2 Å². The Morgan fingerprint density at radius 3 is 2.42 bits per heavy atom.